The van der Waals surface area contributed by atoms with Gasteiger partial charge in [-0.25, -0.2) is 14.1 Å². The first-order valence-electron chi connectivity index (χ1n) is 10.7. The lowest BCUT2D eigenvalue weighted by Crippen LogP contribution is -2.39. The molecule has 3 N–H and O–H groups in total. The molecule has 1 amide bonds. The fourth-order valence-electron chi connectivity index (χ4n) is 3.93. The normalized spacial score (nSPS) is 17.0. The standard InChI is InChI=1S/C25H21FN6OS/c1-16-21(23(33)29-19-8-3-2-4-9-19)22(17-11-13-27-14-12-17)32-24(28-16)30-25(31-32)34-15-18-7-5-6-10-20(18)26/h2-14,21-22H,1,15H2,(H,29,33)(H,28,30,31)/p+1. The number of benzene rings is 2. The number of fused-ring (bicyclic) bond motifs is 1. The highest BCUT2D eigenvalue weighted by atomic mass is 32.2. The van der Waals surface area contributed by atoms with Gasteiger partial charge in [0.05, 0.1) is 6.04 Å². The van der Waals surface area contributed by atoms with Gasteiger partial charge in [-0.3, -0.25) is 4.79 Å². The van der Waals surface area contributed by atoms with Gasteiger partial charge in [0.2, 0.25) is 17.0 Å². The van der Waals surface area contributed by atoms with E-state index < -0.39 is 12.0 Å². The van der Waals surface area contributed by atoms with Crippen LogP contribution in [0.4, 0.5) is 16.0 Å². The van der Waals surface area contributed by atoms with Crippen LogP contribution in [0, 0.1) is 11.7 Å². The quantitative estimate of drug-likeness (QED) is 0.408. The molecule has 0 bridgehead atoms. The zero-order valence-electron chi connectivity index (χ0n) is 18.1. The number of rotatable bonds is 6. The predicted octanol–water partition coefficient (Wildman–Crippen LogP) is 4.31. The molecule has 170 valence electrons. The SMILES string of the molecule is C=C1Nc2nc(SCc3ccccc3F)nn2C(c2cc[nH+]cc2)C1C(=O)Nc1ccccc1. The maximum Gasteiger partial charge on any atom is 0.235 e. The minimum atomic E-state index is -0.638. The molecule has 7 nitrogen and oxygen atoms in total. The number of carbonyl (C=O) groups is 1. The Labute approximate surface area is 200 Å². The number of H-pyrrole nitrogens is 1. The smallest absolute Gasteiger partial charge is 0.235 e. The molecule has 0 saturated heterocycles. The van der Waals surface area contributed by atoms with E-state index in [1.807, 2.05) is 42.5 Å². The maximum absolute atomic E-state index is 14.0. The summed E-state index contributed by atoms with van der Waals surface area (Å²) in [7, 11) is 0. The molecule has 2 atom stereocenters. The van der Waals surface area contributed by atoms with Gasteiger partial charge in [-0.05, 0) is 29.3 Å². The zero-order valence-corrected chi connectivity index (χ0v) is 18.9. The van der Waals surface area contributed by atoms with Crippen molar-refractivity contribution < 1.29 is 14.2 Å². The molecular formula is C25H22FN6OS+. The van der Waals surface area contributed by atoms with Crippen LogP contribution >= 0.6 is 11.8 Å². The third kappa shape index (κ3) is 4.42. The molecule has 34 heavy (non-hydrogen) atoms. The highest BCUT2D eigenvalue weighted by Crippen LogP contribution is 2.39. The summed E-state index contributed by atoms with van der Waals surface area (Å²) >= 11 is 1.33. The number of anilines is 2. The highest BCUT2D eigenvalue weighted by Gasteiger charge is 2.40. The lowest BCUT2D eigenvalue weighted by molar-refractivity contribution is -0.378. The Bertz CT molecular complexity index is 1330. The van der Waals surface area contributed by atoms with Crippen molar-refractivity contribution in [3.8, 4) is 0 Å². The lowest BCUT2D eigenvalue weighted by atomic mass is 9.89. The summed E-state index contributed by atoms with van der Waals surface area (Å²) in [4.78, 5) is 21.0. The van der Waals surface area contributed by atoms with E-state index in [0.717, 1.165) is 5.56 Å². The predicted molar refractivity (Wildman–Crippen MR) is 128 cm³/mol. The second kappa shape index (κ2) is 9.48. The van der Waals surface area contributed by atoms with Gasteiger partial charge in [-0.1, -0.05) is 54.7 Å². The molecule has 1 aliphatic heterocycles. The third-order valence-corrected chi connectivity index (χ3v) is 6.45. The molecule has 2 aromatic heterocycles. The minimum Gasteiger partial charge on any atom is -0.328 e. The second-order valence-corrected chi connectivity index (χ2v) is 8.75. The van der Waals surface area contributed by atoms with E-state index in [2.05, 4.69) is 32.3 Å². The number of hydrogen-bond acceptors (Lipinski definition) is 5. The molecule has 0 aliphatic carbocycles. The van der Waals surface area contributed by atoms with Crippen LogP contribution in [0.3, 0.4) is 0 Å². The molecule has 4 aromatic rings. The number of amides is 1. The number of nitrogens with one attached hydrogen (secondary N) is 3. The Kier molecular flexibility index (Phi) is 6.09. The van der Waals surface area contributed by atoms with Crippen LogP contribution in [-0.2, 0) is 10.5 Å². The molecular weight excluding hydrogens is 451 g/mol. The van der Waals surface area contributed by atoms with Crippen molar-refractivity contribution in [3.63, 3.8) is 0 Å². The number of nitrogens with zero attached hydrogens (tertiary/aromatic N) is 3. The van der Waals surface area contributed by atoms with Gasteiger partial charge in [0.1, 0.15) is 11.7 Å². The minimum absolute atomic E-state index is 0.205. The van der Waals surface area contributed by atoms with Crippen molar-refractivity contribution in [3.05, 3.63) is 108 Å². The summed E-state index contributed by atoms with van der Waals surface area (Å²) < 4.78 is 15.8. The van der Waals surface area contributed by atoms with Crippen LogP contribution in [0.1, 0.15) is 17.2 Å². The van der Waals surface area contributed by atoms with E-state index in [1.165, 1.54) is 17.8 Å². The number of thioether (sulfide) groups is 1. The second-order valence-electron chi connectivity index (χ2n) is 7.80. The van der Waals surface area contributed by atoms with Crippen LogP contribution in [0.15, 0.2) is 96.6 Å². The van der Waals surface area contributed by atoms with Crippen LogP contribution in [0.25, 0.3) is 0 Å². The summed E-state index contributed by atoms with van der Waals surface area (Å²) in [5.41, 5.74) is 2.68. The van der Waals surface area contributed by atoms with Crippen molar-refractivity contribution in [2.45, 2.75) is 17.0 Å². The number of halogens is 1. The van der Waals surface area contributed by atoms with Gasteiger partial charge in [-0.2, -0.15) is 4.98 Å². The van der Waals surface area contributed by atoms with E-state index >= 15 is 0 Å². The van der Waals surface area contributed by atoms with Gasteiger partial charge < -0.3 is 10.6 Å². The topological polar surface area (TPSA) is 86.0 Å². The van der Waals surface area contributed by atoms with Crippen molar-refractivity contribution in [1.82, 2.24) is 14.8 Å². The number of para-hydroxylation sites is 1. The molecule has 0 fully saturated rings. The van der Waals surface area contributed by atoms with Crippen LogP contribution in [0.5, 0.6) is 0 Å². The molecule has 9 heteroatoms. The molecule has 0 saturated carbocycles. The molecule has 1 aliphatic rings. The van der Waals surface area contributed by atoms with Gasteiger partial charge >= 0.3 is 0 Å². The summed E-state index contributed by atoms with van der Waals surface area (Å²) in [5.74, 6) is -0.228. The monoisotopic (exact) mass is 473 g/mol. The van der Waals surface area contributed by atoms with Crippen molar-refractivity contribution >= 4 is 29.3 Å². The summed E-state index contributed by atoms with van der Waals surface area (Å²) in [6.07, 6.45) is 3.60. The molecule has 2 aromatic carbocycles. The molecule has 2 unspecified atom stereocenters. The van der Waals surface area contributed by atoms with Gasteiger partial charge in [-0.15, -0.1) is 5.10 Å². The van der Waals surface area contributed by atoms with Crippen LogP contribution < -0.4 is 15.6 Å². The number of carbonyl (C=O) groups excluding carboxylic acids is 1. The van der Waals surface area contributed by atoms with Crippen molar-refractivity contribution in [2.75, 3.05) is 10.6 Å². The molecule has 3 heterocycles. The largest absolute Gasteiger partial charge is 0.328 e. The van der Waals surface area contributed by atoms with Crippen LogP contribution in [0.2, 0.25) is 0 Å². The Morgan fingerprint density at radius 1 is 1.12 bits per heavy atom. The maximum atomic E-state index is 14.0. The van der Waals surface area contributed by atoms with Gasteiger partial charge in [0, 0.05) is 29.3 Å². The fourth-order valence-corrected chi connectivity index (χ4v) is 4.74. The van der Waals surface area contributed by atoms with Crippen molar-refractivity contribution in [2.24, 2.45) is 5.92 Å². The van der Waals surface area contributed by atoms with Gasteiger partial charge in [0.15, 0.2) is 12.4 Å². The van der Waals surface area contributed by atoms with E-state index in [9.17, 15) is 9.18 Å². The highest BCUT2D eigenvalue weighted by molar-refractivity contribution is 7.98. The average Bonchev–Trinajstić information content (AvgIpc) is 3.26. The zero-order chi connectivity index (χ0) is 23.5. The van der Waals surface area contributed by atoms with Crippen LogP contribution in [-0.4, -0.2) is 20.7 Å². The lowest BCUT2D eigenvalue weighted by Gasteiger charge is -2.33. The Balaban J connectivity index is 1.47. The molecule has 5 rings (SSSR count). The van der Waals surface area contributed by atoms with E-state index in [4.69, 9.17) is 0 Å². The number of pyridine rings is 1. The van der Waals surface area contributed by atoms with Gasteiger partial charge in [0.25, 0.3) is 0 Å². The Morgan fingerprint density at radius 2 is 1.85 bits per heavy atom. The fraction of sp³-hybridized carbons (Fsp3) is 0.120. The Morgan fingerprint density at radius 3 is 2.62 bits per heavy atom. The number of aromatic nitrogens is 4. The summed E-state index contributed by atoms with van der Waals surface area (Å²) in [6, 6.07) is 19.3. The van der Waals surface area contributed by atoms with Crippen molar-refractivity contribution in [1.29, 1.82) is 0 Å². The average molecular weight is 474 g/mol. The first kappa shape index (κ1) is 21.8. The summed E-state index contributed by atoms with van der Waals surface area (Å²) in [5, 5.41) is 11.3. The Hall–Kier alpha value is -3.98. The van der Waals surface area contributed by atoms with E-state index in [1.54, 1.807) is 35.3 Å². The van der Waals surface area contributed by atoms with E-state index in [-0.39, 0.29) is 11.7 Å². The number of hydrogen-bond donors (Lipinski definition) is 2. The molecule has 0 spiro atoms. The first-order valence-corrected chi connectivity index (χ1v) is 11.7. The molecule has 0 radical (unpaired) electrons. The first-order chi connectivity index (χ1) is 16.6. The summed E-state index contributed by atoms with van der Waals surface area (Å²) in [6.45, 7) is 4.13. The van der Waals surface area contributed by atoms with E-state index in [0.29, 0.717) is 33.8 Å². The third-order valence-electron chi connectivity index (χ3n) is 5.56. The number of aromatic amines is 1.